The van der Waals surface area contributed by atoms with Crippen LogP contribution in [0.3, 0.4) is 0 Å². The molecule has 0 aliphatic heterocycles. The number of benzene rings is 1. The Morgan fingerprint density at radius 1 is 1.42 bits per heavy atom. The molecule has 0 bridgehead atoms. The number of nitrogens with two attached hydrogens (primary N) is 1. The normalized spacial score (nSPS) is 12.4. The van der Waals surface area contributed by atoms with Gasteiger partial charge in [-0.2, -0.15) is 0 Å². The average Bonchev–Trinajstić information content (AvgIpc) is 2.81. The van der Waals surface area contributed by atoms with Crippen molar-refractivity contribution in [3.05, 3.63) is 53.6 Å². The highest BCUT2D eigenvalue weighted by Crippen LogP contribution is 2.15. The van der Waals surface area contributed by atoms with E-state index in [1.165, 1.54) is 12.3 Å². The highest BCUT2D eigenvalue weighted by molar-refractivity contribution is 5.77. The van der Waals surface area contributed by atoms with Crippen LogP contribution in [0, 0.1) is 11.6 Å². The van der Waals surface area contributed by atoms with Gasteiger partial charge in [-0.25, -0.2) is 13.8 Å². The molecular formula is C13H13F2N3O. The minimum Gasteiger partial charge on any atom is -0.368 e. The van der Waals surface area contributed by atoms with Gasteiger partial charge in [0, 0.05) is 18.8 Å². The molecule has 0 aliphatic carbocycles. The molecule has 0 spiro atoms. The minimum absolute atomic E-state index is 0.293. The summed E-state index contributed by atoms with van der Waals surface area (Å²) in [5.74, 6) is -1.71. The number of primary amides is 1. The first kappa shape index (κ1) is 13.2. The topological polar surface area (TPSA) is 60.9 Å². The van der Waals surface area contributed by atoms with Crippen LogP contribution < -0.4 is 5.73 Å². The van der Waals surface area contributed by atoms with Gasteiger partial charge in [0.05, 0.1) is 0 Å². The summed E-state index contributed by atoms with van der Waals surface area (Å²) in [5.41, 5.74) is 5.81. The summed E-state index contributed by atoms with van der Waals surface area (Å²) >= 11 is 0. The van der Waals surface area contributed by atoms with Gasteiger partial charge in [0.2, 0.25) is 5.91 Å². The van der Waals surface area contributed by atoms with Crippen molar-refractivity contribution in [3.8, 4) is 0 Å². The number of nitrogens with zero attached hydrogens (tertiary/aromatic N) is 2. The van der Waals surface area contributed by atoms with E-state index in [0.717, 1.165) is 12.1 Å². The number of amides is 1. The molecule has 0 fully saturated rings. The summed E-state index contributed by atoms with van der Waals surface area (Å²) in [6.07, 6.45) is 3.46. The third kappa shape index (κ3) is 2.78. The quantitative estimate of drug-likeness (QED) is 0.916. The number of carbonyl (C=O) groups is 1. The summed E-state index contributed by atoms with van der Waals surface area (Å²) in [4.78, 5) is 15.3. The van der Waals surface area contributed by atoms with Gasteiger partial charge in [-0.3, -0.25) is 4.79 Å². The molecule has 0 saturated carbocycles. The van der Waals surface area contributed by atoms with E-state index < -0.39 is 23.6 Å². The van der Waals surface area contributed by atoms with Crippen LogP contribution in [-0.2, 0) is 11.2 Å². The average molecular weight is 265 g/mol. The fraction of sp³-hybridized carbons (Fsp3) is 0.231. The smallest absolute Gasteiger partial charge is 0.240 e. The molecule has 1 atom stereocenters. The van der Waals surface area contributed by atoms with Gasteiger partial charge in [0.25, 0.3) is 0 Å². The van der Waals surface area contributed by atoms with E-state index in [9.17, 15) is 13.6 Å². The Morgan fingerprint density at radius 3 is 2.79 bits per heavy atom. The second-order valence-corrected chi connectivity index (χ2v) is 4.25. The van der Waals surface area contributed by atoms with Crippen molar-refractivity contribution >= 4 is 5.91 Å². The predicted molar refractivity (Wildman–Crippen MR) is 65.3 cm³/mol. The largest absolute Gasteiger partial charge is 0.368 e. The van der Waals surface area contributed by atoms with Crippen LogP contribution in [0.15, 0.2) is 30.6 Å². The zero-order chi connectivity index (χ0) is 14.0. The Labute approximate surface area is 108 Å². The molecule has 0 saturated heterocycles. The van der Waals surface area contributed by atoms with Crippen LogP contribution in [0.1, 0.15) is 24.4 Å². The maximum atomic E-state index is 13.1. The van der Waals surface area contributed by atoms with Crippen LogP contribution in [0.4, 0.5) is 8.78 Å². The Morgan fingerprint density at radius 2 is 2.16 bits per heavy atom. The van der Waals surface area contributed by atoms with E-state index in [0.29, 0.717) is 17.8 Å². The lowest BCUT2D eigenvalue weighted by Crippen LogP contribution is -2.25. The fourth-order valence-electron chi connectivity index (χ4n) is 1.80. The number of imidazole rings is 1. The standard InChI is InChI=1S/C13H13F2N3O/c1-8(13(16)19)18-5-4-17-12(18)7-9-2-3-10(14)11(15)6-9/h2-6,8H,7H2,1H3,(H2,16,19). The van der Waals surface area contributed by atoms with E-state index in [-0.39, 0.29) is 0 Å². The van der Waals surface area contributed by atoms with Crippen LogP contribution >= 0.6 is 0 Å². The summed E-state index contributed by atoms with van der Waals surface area (Å²) in [6.45, 7) is 1.65. The van der Waals surface area contributed by atoms with Crippen molar-refractivity contribution in [2.24, 2.45) is 5.73 Å². The molecular weight excluding hydrogens is 252 g/mol. The van der Waals surface area contributed by atoms with Crippen molar-refractivity contribution in [1.29, 1.82) is 0 Å². The molecule has 0 radical (unpaired) electrons. The van der Waals surface area contributed by atoms with Crippen molar-refractivity contribution in [2.45, 2.75) is 19.4 Å². The number of rotatable bonds is 4. The minimum atomic E-state index is -0.904. The second-order valence-electron chi connectivity index (χ2n) is 4.25. The van der Waals surface area contributed by atoms with E-state index in [2.05, 4.69) is 4.98 Å². The van der Waals surface area contributed by atoms with Gasteiger partial charge in [0.1, 0.15) is 11.9 Å². The fourth-order valence-corrected chi connectivity index (χ4v) is 1.80. The molecule has 1 heterocycles. The maximum absolute atomic E-state index is 13.1. The maximum Gasteiger partial charge on any atom is 0.240 e. The van der Waals surface area contributed by atoms with Crippen molar-refractivity contribution in [2.75, 3.05) is 0 Å². The molecule has 2 N–H and O–H groups in total. The number of hydrogen-bond acceptors (Lipinski definition) is 2. The number of carbonyl (C=O) groups excluding carboxylic acids is 1. The van der Waals surface area contributed by atoms with Gasteiger partial charge in [0.15, 0.2) is 11.6 Å². The van der Waals surface area contributed by atoms with Crippen molar-refractivity contribution in [1.82, 2.24) is 9.55 Å². The number of hydrogen-bond donors (Lipinski definition) is 1. The number of halogens is 2. The van der Waals surface area contributed by atoms with Gasteiger partial charge in [-0.05, 0) is 24.6 Å². The van der Waals surface area contributed by atoms with E-state index in [1.807, 2.05) is 0 Å². The molecule has 6 heteroatoms. The lowest BCUT2D eigenvalue weighted by atomic mass is 10.1. The Kier molecular flexibility index (Phi) is 3.59. The molecule has 2 aromatic rings. The van der Waals surface area contributed by atoms with E-state index >= 15 is 0 Å². The first-order valence-electron chi connectivity index (χ1n) is 5.74. The van der Waals surface area contributed by atoms with Crippen LogP contribution in [0.5, 0.6) is 0 Å². The summed E-state index contributed by atoms with van der Waals surface area (Å²) < 4.78 is 27.6. The second kappa shape index (κ2) is 5.17. The lowest BCUT2D eigenvalue weighted by Gasteiger charge is -2.13. The molecule has 2 rings (SSSR count). The third-order valence-corrected chi connectivity index (χ3v) is 2.92. The zero-order valence-electron chi connectivity index (χ0n) is 10.3. The lowest BCUT2D eigenvalue weighted by molar-refractivity contribution is -0.120. The zero-order valence-corrected chi connectivity index (χ0v) is 10.3. The molecule has 1 amide bonds. The third-order valence-electron chi connectivity index (χ3n) is 2.92. The monoisotopic (exact) mass is 265 g/mol. The summed E-state index contributed by atoms with van der Waals surface area (Å²) in [5, 5.41) is 0. The van der Waals surface area contributed by atoms with Gasteiger partial charge in [-0.15, -0.1) is 0 Å². The first-order chi connectivity index (χ1) is 8.99. The SMILES string of the molecule is CC(C(N)=O)n1ccnc1Cc1ccc(F)c(F)c1. The van der Waals surface area contributed by atoms with Gasteiger partial charge < -0.3 is 10.3 Å². The Hall–Kier alpha value is -2.24. The van der Waals surface area contributed by atoms with Crippen LogP contribution in [0.25, 0.3) is 0 Å². The van der Waals surface area contributed by atoms with Gasteiger partial charge in [-0.1, -0.05) is 6.07 Å². The Bertz CT molecular complexity index is 610. The highest BCUT2D eigenvalue weighted by Gasteiger charge is 2.15. The number of aromatic nitrogens is 2. The van der Waals surface area contributed by atoms with Crippen LogP contribution in [0.2, 0.25) is 0 Å². The first-order valence-corrected chi connectivity index (χ1v) is 5.74. The molecule has 1 unspecified atom stereocenters. The van der Waals surface area contributed by atoms with Crippen LogP contribution in [-0.4, -0.2) is 15.5 Å². The molecule has 4 nitrogen and oxygen atoms in total. The molecule has 1 aromatic heterocycles. The molecule has 0 aliphatic rings. The van der Waals surface area contributed by atoms with E-state index in [4.69, 9.17) is 5.73 Å². The van der Waals surface area contributed by atoms with Crippen molar-refractivity contribution in [3.63, 3.8) is 0 Å². The predicted octanol–water partition coefficient (Wildman–Crippen LogP) is 1.80. The molecule has 19 heavy (non-hydrogen) atoms. The molecule has 1 aromatic carbocycles. The Balaban J connectivity index is 2.26. The van der Waals surface area contributed by atoms with Crippen molar-refractivity contribution < 1.29 is 13.6 Å². The molecule has 100 valence electrons. The van der Waals surface area contributed by atoms with E-state index in [1.54, 1.807) is 17.7 Å². The highest BCUT2D eigenvalue weighted by atomic mass is 19.2. The summed E-state index contributed by atoms with van der Waals surface area (Å²) in [6, 6.07) is 3.12. The van der Waals surface area contributed by atoms with Gasteiger partial charge >= 0.3 is 0 Å². The summed E-state index contributed by atoms with van der Waals surface area (Å²) in [7, 11) is 0.